The van der Waals surface area contributed by atoms with Gasteiger partial charge in [-0.15, -0.1) is 0 Å². The zero-order valence-corrected chi connectivity index (χ0v) is 18.1. The van der Waals surface area contributed by atoms with Crippen LogP contribution >= 0.6 is 0 Å². The molecule has 1 heterocycles. The van der Waals surface area contributed by atoms with E-state index in [9.17, 15) is 9.59 Å². The van der Waals surface area contributed by atoms with Crippen molar-refractivity contribution in [2.45, 2.75) is 18.5 Å². The molecule has 1 saturated heterocycles. The monoisotopic (exact) mass is 432 g/mol. The molecule has 0 saturated carbocycles. The molecule has 0 aromatic heterocycles. The maximum atomic E-state index is 13.9. The third kappa shape index (κ3) is 4.03. The standard InChI is InChI=1S/C29H24N2O2/c32-28-26(21-22-13-5-1-6-14-22)31(29(33)30(28)25-19-11-4-12-20-25)27(23-15-7-2-8-16-23)24-17-9-3-10-18-24/h1-20,26-27H,21H2. The second-order valence-electron chi connectivity index (χ2n) is 8.13. The summed E-state index contributed by atoms with van der Waals surface area (Å²) in [6, 6.07) is 37.6. The molecule has 162 valence electrons. The van der Waals surface area contributed by atoms with Crippen LogP contribution in [0.4, 0.5) is 10.5 Å². The Hall–Kier alpha value is -4.18. The highest BCUT2D eigenvalue weighted by molar-refractivity contribution is 6.21. The lowest BCUT2D eigenvalue weighted by atomic mass is 9.95. The van der Waals surface area contributed by atoms with E-state index in [0.29, 0.717) is 12.1 Å². The molecular formula is C29H24N2O2. The maximum Gasteiger partial charge on any atom is 0.332 e. The summed E-state index contributed by atoms with van der Waals surface area (Å²) in [5, 5.41) is 0. The second kappa shape index (κ2) is 9.13. The van der Waals surface area contributed by atoms with Crippen molar-refractivity contribution in [1.82, 2.24) is 4.90 Å². The quantitative estimate of drug-likeness (QED) is 0.358. The molecule has 5 rings (SSSR count). The van der Waals surface area contributed by atoms with Gasteiger partial charge in [0.05, 0.1) is 11.7 Å². The molecular weight excluding hydrogens is 408 g/mol. The number of hydrogen-bond donors (Lipinski definition) is 0. The van der Waals surface area contributed by atoms with Crippen LogP contribution in [0.15, 0.2) is 121 Å². The molecule has 0 radical (unpaired) electrons. The number of anilines is 1. The fourth-order valence-corrected chi connectivity index (χ4v) is 4.52. The molecule has 4 heteroatoms. The molecule has 0 N–H and O–H groups in total. The van der Waals surface area contributed by atoms with E-state index in [4.69, 9.17) is 0 Å². The molecule has 4 aromatic carbocycles. The normalized spacial score (nSPS) is 16.0. The number of benzene rings is 4. The summed E-state index contributed by atoms with van der Waals surface area (Å²) in [5.74, 6) is -0.202. The lowest BCUT2D eigenvalue weighted by molar-refractivity contribution is -0.120. The summed E-state index contributed by atoms with van der Waals surface area (Å²) in [7, 11) is 0. The minimum absolute atomic E-state index is 0.202. The summed E-state index contributed by atoms with van der Waals surface area (Å²) in [6.07, 6.45) is 0.449. The Morgan fingerprint density at radius 2 is 1.06 bits per heavy atom. The van der Waals surface area contributed by atoms with Crippen LogP contribution in [0, 0.1) is 0 Å². The number of amides is 3. The van der Waals surface area contributed by atoms with Crippen LogP contribution in [0.3, 0.4) is 0 Å². The number of urea groups is 1. The van der Waals surface area contributed by atoms with E-state index >= 15 is 0 Å². The lowest BCUT2D eigenvalue weighted by Crippen LogP contribution is -2.40. The first-order valence-electron chi connectivity index (χ1n) is 11.1. The third-order valence-electron chi connectivity index (χ3n) is 6.05. The van der Waals surface area contributed by atoms with Crippen molar-refractivity contribution >= 4 is 17.6 Å². The number of nitrogens with zero attached hydrogens (tertiary/aromatic N) is 2. The van der Waals surface area contributed by atoms with Crippen molar-refractivity contribution < 1.29 is 9.59 Å². The van der Waals surface area contributed by atoms with Gasteiger partial charge in [-0.3, -0.25) is 4.79 Å². The van der Waals surface area contributed by atoms with Crippen molar-refractivity contribution in [2.24, 2.45) is 0 Å². The fourth-order valence-electron chi connectivity index (χ4n) is 4.52. The van der Waals surface area contributed by atoms with E-state index in [0.717, 1.165) is 16.7 Å². The van der Waals surface area contributed by atoms with Gasteiger partial charge in [0.15, 0.2) is 0 Å². The van der Waals surface area contributed by atoms with Gasteiger partial charge in [-0.05, 0) is 28.8 Å². The third-order valence-corrected chi connectivity index (χ3v) is 6.05. The number of rotatable bonds is 6. The van der Waals surface area contributed by atoms with Crippen LogP contribution in [-0.2, 0) is 11.2 Å². The van der Waals surface area contributed by atoms with Crippen molar-refractivity contribution in [3.05, 3.63) is 138 Å². The highest BCUT2D eigenvalue weighted by Gasteiger charge is 2.49. The first-order valence-corrected chi connectivity index (χ1v) is 11.1. The van der Waals surface area contributed by atoms with Gasteiger partial charge < -0.3 is 4.90 Å². The molecule has 4 nitrogen and oxygen atoms in total. The number of carbonyl (C=O) groups excluding carboxylic acids is 2. The number of imide groups is 1. The van der Waals surface area contributed by atoms with E-state index in [1.807, 2.05) is 109 Å². The van der Waals surface area contributed by atoms with E-state index in [1.54, 1.807) is 17.0 Å². The summed E-state index contributed by atoms with van der Waals surface area (Å²) in [4.78, 5) is 30.8. The average Bonchev–Trinajstić information content (AvgIpc) is 3.11. The Kier molecular flexibility index (Phi) is 5.73. The van der Waals surface area contributed by atoms with Gasteiger partial charge in [-0.2, -0.15) is 0 Å². The number of hydrogen-bond acceptors (Lipinski definition) is 2. The molecule has 1 unspecified atom stereocenters. The molecule has 1 aliphatic heterocycles. The highest BCUT2D eigenvalue weighted by Crippen LogP contribution is 2.37. The Bertz CT molecular complexity index is 1190. The van der Waals surface area contributed by atoms with E-state index in [1.165, 1.54) is 4.90 Å². The Morgan fingerprint density at radius 1 is 0.606 bits per heavy atom. The first kappa shape index (κ1) is 20.7. The van der Waals surface area contributed by atoms with Crippen LogP contribution in [0.5, 0.6) is 0 Å². The molecule has 0 aliphatic carbocycles. The van der Waals surface area contributed by atoms with Crippen LogP contribution in [0.2, 0.25) is 0 Å². The summed E-state index contributed by atoms with van der Waals surface area (Å²) >= 11 is 0. The topological polar surface area (TPSA) is 40.6 Å². The highest BCUT2D eigenvalue weighted by atomic mass is 16.2. The average molecular weight is 433 g/mol. The smallest absolute Gasteiger partial charge is 0.300 e. The lowest BCUT2D eigenvalue weighted by Gasteiger charge is -2.32. The van der Waals surface area contributed by atoms with Gasteiger partial charge >= 0.3 is 6.03 Å². The molecule has 1 aliphatic rings. The van der Waals surface area contributed by atoms with E-state index in [2.05, 4.69) is 0 Å². The molecule has 1 fully saturated rings. The Balaban J connectivity index is 1.65. The predicted octanol–water partition coefficient (Wildman–Crippen LogP) is 5.86. The van der Waals surface area contributed by atoms with Crippen molar-refractivity contribution in [1.29, 1.82) is 0 Å². The summed E-state index contributed by atoms with van der Waals surface area (Å²) in [5.41, 5.74) is 3.55. The van der Waals surface area contributed by atoms with Gasteiger partial charge in [0.25, 0.3) is 5.91 Å². The van der Waals surface area contributed by atoms with Crippen molar-refractivity contribution in [3.8, 4) is 0 Å². The van der Waals surface area contributed by atoms with Gasteiger partial charge in [0, 0.05) is 6.42 Å². The van der Waals surface area contributed by atoms with Gasteiger partial charge in [0.1, 0.15) is 6.04 Å². The molecule has 3 amide bonds. The van der Waals surface area contributed by atoms with Gasteiger partial charge in [0.2, 0.25) is 0 Å². The minimum atomic E-state index is -0.620. The second-order valence-corrected chi connectivity index (χ2v) is 8.13. The predicted molar refractivity (Wildman–Crippen MR) is 130 cm³/mol. The van der Waals surface area contributed by atoms with Crippen LogP contribution in [0.1, 0.15) is 22.7 Å². The van der Waals surface area contributed by atoms with Crippen LogP contribution < -0.4 is 4.90 Å². The van der Waals surface area contributed by atoms with E-state index in [-0.39, 0.29) is 18.0 Å². The van der Waals surface area contributed by atoms with Crippen LogP contribution in [-0.4, -0.2) is 22.9 Å². The van der Waals surface area contributed by atoms with Crippen molar-refractivity contribution in [3.63, 3.8) is 0 Å². The maximum absolute atomic E-state index is 13.9. The summed E-state index contributed by atoms with van der Waals surface area (Å²) < 4.78 is 0. The van der Waals surface area contributed by atoms with Crippen LogP contribution in [0.25, 0.3) is 0 Å². The van der Waals surface area contributed by atoms with E-state index < -0.39 is 6.04 Å². The molecule has 4 aromatic rings. The SMILES string of the molecule is O=C1C(Cc2ccccc2)N(C(c2ccccc2)c2ccccc2)C(=O)N1c1ccccc1. The summed E-state index contributed by atoms with van der Waals surface area (Å²) in [6.45, 7) is 0. The van der Waals surface area contributed by atoms with Gasteiger partial charge in [-0.25, -0.2) is 9.69 Å². The zero-order valence-electron chi connectivity index (χ0n) is 18.1. The Morgan fingerprint density at radius 3 is 1.58 bits per heavy atom. The first-order chi connectivity index (χ1) is 16.2. The largest absolute Gasteiger partial charge is 0.332 e. The van der Waals surface area contributed by atoms with Gasteiger partial charge in [-0.1, -0.05) is 109 Å². The number of carbonyl (C=O) groups is 2. The number of para-hydroxylation sites is 1. The minimum Gasteiger partial charge on any atom is -0.300 e. The molecule has 0 bridgehead atoms. The molecule has 0 spiro atoms. The fraction of sp³-hybridized carbons (Fsp3) is 0.103. The Labute approximate surface area is 193 Å². The van der Waals surface area contributed by atoms with Crippen molar-refractivity contribution in [2.75, 3.05) is 4.90 Å². The molecule has 33 heavy (non-hydrogen) atoms. The zero-order chi connectivity index (χ0) is 22.6. The molecule has 1 atom stereocenters.